The van der Waals surface area contributed by atoms with Crippen molar-refractivity contribution in [2.24, 2.45) is 10.9 Å². The predicted octanol–water partition coefficient (Wildman–Crippen LogP) is 2.03. The van der Waals surface area contributed by atoms with Crippen LogP contribution in [0.5, 0.6) is 0 Å². The smallest absolute Gasteiger partial charge is 0.211 e. The molecule has 0 amide bonds. The Bertz CT molecular complexity index is 777. The molecule has 164 valence electrons. The number of anilines is 1. The molecule has 0 aromatic heterocycles. The van der Waals surface area contributed by atoms with Crippen LogP contribution in [0.1, 0.15) is 24.8 Å². The minimum atomic E-state index is -3.06. The number of rotatable bonds is 5. The van der Waals surface area contributed by atoms with Crippen molar-refractivity contribution in [2.45, 2.75) is 32.2 Å². The molecule has 1 aromatic rings. The summed E-state index contributed by atoms with van der Waals surface area (Å²) in [5.74, 6) is 1.31. The summed E-state index contributed by atoms with van der Waals surface area (Å²) in [4.78, 5) is 6.78. The first-order valence-corrected chi connectivity index (χ1v) is 11.9. The van der Waals surface area contributed by atoms with Gasteiger partial charge in [0, 0.05) is 51.5 Å². The molecule has 1 aromatic carbocycles. The van der Waals surface area contributed by atoms with Crippen LogP contribution in [-0.4, -0.2) is 70.8 Å². The largest absolute Gasteiger partial charge is 0.369 e. The van der Waals surface area contributed by atoms with Crippen molar-refractivity contribution in [1.29, 1.82) is 0 Å². The molecular weight excluding hydrogens is 501 g/mol. The Morgan fingerprint density at radius 1 is 1.14 bits per heavy atom. The highest BCUT2D eigenvalue weighted by molar-refractivity contribution is 14.0. The minimum absolute atomic E-state index is 0. The normalized spacial score (nSPS) is 21.7. The first kappa shape index (κ1) is 24.2. The summed E-state index contributed by atoms with van der Waals surface area (Å²) in [5, 5.41) is 6.97. The van der Waals surface area contributed by atoms with Crippen LogP contribution in [0.15, 0.2) is 29.3 Å². The molecule has 29 heavy (non-hydrogen) atoms. The van der Waals surface area contributed by atoms with Crippen LogP contribution >= 0.6 is 24.0 Å². The van der Waals surface area contributed by atoms with Crippen LogP contribution < -0.4 is 15.5 Å². The second-order valence-electron chi connectivity index (χ2n) is 7.97. The molecule has 0 radical (unpaired) electrons. The topological polar surface area (TPSA) is 77.0 Å². The molecule has 2 aliphatic rings. The minimum Gasteiger partial charge on any atom is -0.369 e. The fourth-order valence-electron chi connectivity index (χ4n) is 3.94. The van der Waals surface area contributed by atoms with Crippen LogP contribution in [0.4, 0.5) is 5.69 Å². The van der Waals surface area contributed by atoms with Crippen molar-refractivity contribution in [3.63, 3.8) is 0 Å². The Morgan fingerprint density at radius 3 is 2.38 bits per heavy atom. The third-order valence-electron chi connectivity index (χ3n) is 5.75. The molecule has 0 saturated carbocycles. The number of aryl methyl sites for hydroxylation is 1. The van der Waals surface area contributed by atoms with Gasteiger partial charge in [0.1, 0.15) is 0 Å². The zero-order valence-corrected chi connectivity index (χ0v) is 20.7. The molecule has 2 fully saturated rings. The summed E-state index contributed by atoms with van der Waals surface area (Å²) < 4.78 is 24.8. The van der Waals surface area contributed by atoms with Crippen molar-refractivity contribution >= 4 is 45.6 Å². The number of sulfonamides is 1. The van der Waals surface area contributed by atoms with Crippen LogP contribution in [-0.2, 0) is 10.0 Å². The van der Waals surface area contributed by atoms with E-state index in [1.807, 2.05) is 0 Å². The fraction of sp³-hybridized carbons (Fsp3) is 0.650. The lowest BCUT2D eigenvalue weighted by Crippen LogP contribution is -2.47. The summed E-state index contributed by atoms with van der Waals surface area (Å²) in [6.45, 7) is 6.18. The van der Waals surface area contributed by atoms with Gasteiger partial charge in [0.2, 0.25) is 10.0 Å². The highest BCUT2D eigenvalue weighted by Gasteiger charge is 2.26. The molecule has 2 heterocycles. The van der Waals surface area contributed by atoms with Gasteiger partial charge in [-0.15, -0.1) is 24.0 Å². The van der Waals surface area contributed by atoms with E-state index in [0.29, 0.717) is 25.0 Å². The van der Waals surface area contributed by atoms with Crippen molar-refractivity contribution in [1.82, 2.24) is 14.9 Å². The van der Waals surface area contributed by atoms with Gasteiger partial charge >= 0.3 is 0 Å². The maximum atomic E-state index is 11.6. The average molecular weight is 535 g/mol. The first-order chi connectivity index (χ1) is 13.3. The summed E-state index contributed by atoms with van der Waals surface area (Å²) in [6, 6.07) is 9.07. The molecule has 0 aliphatic carbocycles. The van der Waals surface area contributed by atoms with Crippen LogP contribution in [0.3, 0.4) is 0 Å². The summed E-state index contributed by atoms with van der Waals surface area (Å²) in [7, 11) is -1.26. The number of guanidine groups is 1. The van der Waals surface area contributed by atoms with E-state index in [1.165, 1.54) is 17.5 Å². The number of halogens is 1. The summed E-state index contributed by atoms with van der Waals surface area (Å²) in [5.41, 5.74) is 2.56. The highest BCUT2D eigenvalue weighted by Crippen LogP contribution is 2.21. The van der Waals surface area contributed by atoms with Crippen molar-refractivity contribution in [2.75, 3.05) is 50.9 Å². The number of piperidine rings is 1. The van der Waals surface area contributed by atoms with Gasteiger partial charge in [-0.2, -0.15) is 0 Å². The fourth-order valence-corrected chi connectivity index (χ4v) is 4.82. The van der Waals surface area contributed by atoms with Gasteiger partial charge in [0.25, 0.3) is 0 Å². The molecule has 3 rings (SSSR count). The van der Waals surface area contributed by atoms with Crippen LogP contribution in [0.2, 0.25) is 0 Å². The van der Waals surface area contributed by atoms with E-state index in [-0.39, 0.29) is 24.0 Å². The zero-order valence-electron chi connectivity index (χ0n) is 17.6. The Kier molecular flexibility index (Phi) is 9.02. The average Bonchev–Trinajstić information content (AvgIpc) is 3.14. The van der Waals surface area contributed by atoms with Gasteiger partial charge in [-0.3, -0.25) is 4.99 Å². The SMILES string of the molecule is CN=C(NCC1CCN(S(C)(=O)=O)CC1)NC1CCN(c2ccc(C)cc2)C1.I. The van der Waals surface area contributed by atoms with Gasteiger partial charge in [0.15, 0.2) is 5.96 Å². The number of hydrogen-bond donors (Lipinski definition) is 2. The molecule has 0 spiro atoms. The summed E-state index contributed by atoms with van der Waals surface area (Å²) in [6.07, 6.45) is 4.16. The quantitative estimate of drug-likeness (QED) is 0.343. The second kappa shape index (κ2) is 10.8. The monoisotopic (exact) mass is 535 g/mol. The molecule has 2 saturated heterocycles. The highest BCUT2D eigenvalue weighted by atomic mass is 127. The molecule has 2 N–H and O–H groups in total. The molecular formula is C20H34IN5O2S. The molecule has 7 nitrogen and oxygen atoms in total. The van der Waals surface area contributed by atoms with E-state index in [4.69, 9.17) is 0 Å². The molecule has 1 unspecified atom stereocenters. The van der Waals surface area contributed by atoms with Crippen molar-refractivity contribution < 1.29 is 8.42 Å². The third kappa shape index (κ3) is 6.99. The predicted molar refractivity (Wildman–Crippen MR) is 131 cm³/mol. The number of benzene rings is 1. The molecule has 9 heteroatoms. The van der Waals surface area contributed by atoms with E-state index in [2.05, 4.69) is 51.7 Å². The number of nitrogens with zero attached hydrogens (tertiary/aromatic N) is 3. The molecule has 2 aliphatic heterocycles. The number of hydrogen-bond acceptors (Lipinski definition) is 4. The van der Waals surface area contributed by atoms with E-state index < -0.39 is 10.0 Å². The molecule has 0 bridgehead atoms. The maximum absolute atomic E-state index is 11.6. The molecule has 1 atom stereocenters. The number of aliphatic imine (C=N–C) groups is 1. The van der Waals surface area contributed by atoms with Crippen LogP contribution in [0.25, 0.3) is 0 Å². The number of nitrogens with one attached hydrogen (secondary N) is 2. The van der Waals surface area contributed by atoms with Gasteiger partial charge in [-0.05, 0) is 44.2 Å². The maximum Gasteiger partial charge on any atom is 0.211 e. The Balaban J connectivity index is 0.00000300. The van der Waals surface area contributed by atoms with Crippen molar-refractivity contribution in [3.8, 4) is 0 Å². The van der Waals surface area contributed by atoms with E-state index >= 15 is 0 Å². The van der Waals surface area contributed by atoms with E-state index in [9.17, 15) is 8.42 Å². The summed E-state index contributed by atoms with van der Waals surface area (Å²) >= 11 is 0. The van der Waals surface area contributed by atoms with Gasteiger partial charge in [0.05, 0.1) is 6.26 Å². The second-order valence-corrected chi connectivity index (χ2v) is 9.95. The third-order valence-corrected chi connectivity index (χ3v) is 7.06. The van der Waals surface area contributed by atoms with Crippen molar-refractivity contribution in [3.05, 3.63) is 29.8 Å². The van der Waals surface area contributed by atoms with Gasteiger partial charge in [-0.1, -0.05) is 17.7 Å². The lowest BCUT2D eigenvalue weighted by Gasteiger charge is -2.30. The Morgan fingerprint density at radius 2 is 1.79 bits per heavy atom. The standard InChI is InChI=1S/C20H33N5O2S.HI/c1-16-4-6-19(7-5-16)24-11-10-18(15-24)23-20(21-2)22-14-17-8-12-25(13-9-17)28(3,26)27;/h4-7,17-18H,8-15H2,1-3H3,(H2,21,22,23);1H. The van der Waals surface area contributed by atoms with Gasteiger partial charge < -0.3 is 15.5 Å². The Labute approximate surface area is 192 Å². The first-order valence-electron chi connectivity index (χ1n) is 10.1. The van der Waals surface area contributed by atoms with Gasteiger partial charge in [-0.25, -0.2) is 12.7 Å². The lowest BCUT2D eigenvalue weighted by atomic mass is 9.98. The van der Waals surface area contributed by atoms with Crippen LogP contribution in [0, 0.1) is 12.8 Å². The lowest BCUT2D eigenvalue weighted by molar-refractivity contribution is 0.274. The van der Waals surface area contributed by atoms with E-state index in [1.54, 1.807) is 11.4 Å². The van der Waals surface area contributed by atoms with E-state index in [0.717, 1.165) is 44.9 Å². The zero-order chi connectivity index (χ0) is 20.1. The Hall–Kier alpha value is -1.07.